The fourth-order valence-corrected chi connectivity index (χ4v) is 6.43. The summed E-state index contributed by atoms with van der Waals surface area (Å²) in [5.74, 6) is -0.0642. The van der Waals surface area contributed by atoms with E-state index in [9.17, 15) is 13.2 Å². The number of sulfonamides is 1. The molecule has 6 nitrogen and oxygen atoms in total. The van der Waals surface area contributed by atoms with Gasteiger partial charge in [0, 0.05) is 30.9 Å². The van der Waals surface area contributed by atoms with Crippen LogP contribution in [0.2, 0.25) is 0 Å². The number of thiazole rings is 1. The van der Waals surface area contributed by atoms with Crippen molar-refractivity contribution in [3.05, 3.63) is 53.0 Å². The van der Waals surface area contributed by atoms with Crippen molar-refractivity contribution in [1.82, 2.24) is 9.29 Å². The Bertz CT molecular complexity index is 1200. The Morgan fingerprint density at radius 3 is 2.66 bits per heavy atom. The summed E-state index contributed by atoms with van der Waals surface area (Å²) in [4.78, 5) is 19.4. The predicted octanol–water partition coefficient (Wildman–Crippen LogP) is 3.67. The van der Waals surface area contributed by atoms with E-state index in [1.807, 2.05) is 12.1 Å². The van der Waals surface area contributed by atoms with Gasteiger partial charge in [0.25, 0.3) is 5.91 Å². The molecule has 1 amide bonds. The number of nitrogens with zero attached hydrogens (tertiary/aromatic N) is 3. The molecular formula is C21H21N3O3S2. The Morgan fingerprint density at radius 1 is 1.00 bits per heavy atom. The van der Waals surface area contributed by atoms with Crippen LogP contribution < -0.4 is 4.90 Å². The Labute approximate surface area is 173 Å². The fraction of sp³-hybridized carbons (Fsp3) is 0.333. The fourth-order valence-electron chi connectivity index (χ4n) is 4.15. The zero-order valence-corrected chi connectivity index (χ0v) is 17.5. The minimum atomic E-state index is -3.47. The molecule has 0 radical (unpaired) electrons. The van der Waals surface area contributed by atoms with Crippen molar-refractivity contribution in [2.75, 3.05) is 24.5 Å². The van der Waals surface area contributed by atoms with E-state index in [1.165, 1.54) is 11.3 Å². The van der Waals surface area contributed by atoms with E-state index in [1.54, 1.807) is 39.0 Å². The molecule has 29 heavy (non-hydrogen) atoms. The van der Waals surface area contributed by atoms with E-state index < -0.39 is 10.0 Å². The van der Waals surface area contributed by atoms with Crippen LogP contribution >= 0.6 is 11.3 Å². The highest BCUT2D eigenvalue weighted by molar-refractivity contribution is 7.89. The largest absolute Gasteiger partial charge is 0.308 e. The number of hydrogen-bond acceptors (Lipinski definition) is 5. The maximum Gasteiger partial charge on any atom is 0.258 e. The number of hydrogen-bond donors (Lipinski definition) is 0. The van der Waals surface area contributed by atoms with Gasteiger partial charge in [0.05, 0.1) is 20.6 Å². The number of amides is 1. The van der Waals surface area contributed by atoms with Crippen LogP contribution in [-0.2, 0) is 16.4 Å². The molecule has 1 fully saturated rings. The first-order valence-corrected chi connectivity index (χ1v) is 12.1. The zero-order chi connectivity index (χ0) is 20.0. The molecule has 0 N–H and O–H groups in total. The Hall–Kier alpha value is -2.29. The monoisotopic (exact) mass is 427 g/mol. The zero-order valence-electron chi connectivity index (χ0n) is 15.9. The van der Waals surface area contributed by atoms with E-state index in [2.05, 4.69) is 4.98 Å². The lowest BCUT2D eigenvalue weighted by Gasteiger charge is -2.26. The molecule has 2 aliphatic heterocycles. The van der Waals surface area contributed by atoms with Crippen molar-refractivity contribution < 1.29 is 13.2 Å². The van der Waals surface area contributed by atoms with E-state index in [0.29, 0.717) is 36.5 Å². The molecular weight excluding hydrogens is 406 g/mol. The Kier molecular flexibility index (Phi) is 4.64. The lowest BCUT2D eigenvalue weighted by Crippen LogP contribution is -2.35. The van der Waals surface area contributed by atoms with Crippen LogP contribution in [0.5, 0.6) is 0 Å². The molecule has 150 valence electrons. The maximum atomic E-state index is 13.1. The van der Waals surface area contributed by atoms with Gasteiger partial charge in [-0.05, 0) is 61.2 Å². The molecule has 0 bridgehead atoms. The summed E-state index contributed by atoms with van der Waals surface area (Å²) in [6.07, 6.45) is 3.57. The van der Waals surface area contributed by atoms with E-state index in [0.717, 1.165) is 40.7 Å². The molecule has 3 aromatic rings. The minimum absolute atomic E-state index is 0.0642. The highest BCUT2D eigenvalue weighted by Crippen LogP contribution is 2.33. The standard InChI is InChI=1S/C21H21N3O3S2/c25-21(16-4-6-18-20(13-16)28-14-22-18)24-11-8-15-12-17(5-7-19(15)24)29(26,27)23-9-2-1-3-10-23/h4-7,12-14H,1-3,8-11H2. The van der Waals surface area contributed by atoms with Crippen molar-refractivity contribution in [2.24, 2.45) is 0 Å². The topological polar surface area (TPSA) is 70.6 Å². The lowest BCUT2D eigenvalue weighted by molar-refractivity contribution is 0.0989. The number of rotatable bonds is 3. The Morgan fingerprint density at radius 2 is 1.83 bits per heavy atom. The second-order valence-electron chi connectivity index (χ2n) is 7.50. The van der Waals surface area contributed by atoms with Gasteiger partial charge in [-0.3, -0.25) is 4.79 Å². The van der Waals surface area contributed by atoms with Gasteiger partial charge in [0.2, 0.25) is 10.0 Å². The summed E-state index contributed by atoms with van der Waals surface area (Å²) in [7, 11) is -3.47. The van der Waals surface area contributed by atoms with Gasteiger partial charge in [-0.15, -0.1) is 11.3 Å². The first-order chi connectivity index (χ1) is 14.0. The second-order valence-corrected chi connectivity index (χ2v) is 10.3. The first-order valence-electron chi connectivity index (χ1n) is 9.82. The molecule has 5 rings (SSSR count). The van der Waals surface area contributed by atoms with Crippen LogP contribution in [0, 0.1) is 0 Å². The third kappa shape index (κ3) is 3.25. The number of fused-ring (bicyclic) bond motifs is 2. The van der Waals surface area contributed by atoms with Gasteiger partial charge < -0.3 is 4.90 Å². The van der Waals surface area contributed by atoms with Crippen LogP contribution in [-0.4, -0.2) is 43.2 Å². The number of anilines is 1. The molecule has 1 saturated heterocycles. The molecule has 0 atom stereocenters. The van der Waals surface area contributed by atoms with E-state index >= 15 is 0 Å². The quantitative estimate of drug-likeness (QED) is 0.639. The van der Waals surface area contributed by atoms with Crippen molar-refractivity contribution in [2.45, 2.75) is 30.6 Å². The third-order valence-corrected chi connectivity index (χ3v) is 8.41. The number of piperidine rings is 1. The first kappa shape index (κ1) is 18.7. The highest BCUT2D eigenvalue weighted by Gasteiger charge is 2.30. The molecule has 2 aromatic carbocycles. The van der Waals surface area contributed by atoms with Gasteiger partial charge in [0.15, 0.2) is 0 Å². The molecule has 2 aliphatic rings. The van der Waals surface area contributed by atoms with Gasteiger partial charge >= 0.3 is 0 Å². The molecule has 0 saturated carbocycles. The summed E-state index contributed by atoms with van der Waals surface area (Å²) in [6, 6.07) is 10.7. The van der Waals surface area contributed by atoms with Crippen molar-refractivity contribution in [3.63, 3.8) is 0 Å². The van der Waals surface area contributed by atoms with E-state index in [-0.39, 0.29) is 5.91 Å². The third-order valence-electron chi connectivity index (χ3n) is 5.72. The average Bonchev–Trinajstić information content (AvgIpc) is 3.39. The predicted molar refractivity (Wildman–Crippen MR) is 114 cm³/mol. The number of benzene rings is 2. The number of carbonyl (C=O) groups is 1. The van der Waals surface area contributed by atoms with Crippen LogP contribution in [0.25, 0.3) is 10.2 Å². The van der Waals surface area contributed by atoms with Crippen molar-refractivity contribution >= 4 is 43.2 Å². The molecule has 1 aromatic heterocycles. The summed E-state index contributed by atoms with van der Waals surface area (Å²) in [5, 5.41) is 0. The Balaban J connectivity index is 1.43. The molecule has 8 heteroatoms. The van der Waals surface area contributed by atoms with Gasteiger partial charge in [-0.25, -0.2) is 13.4 Å². The summed E-state index contributed by atoms with van der Waals surface area (Å²) >= 11 is 1.51. The summed E-state index contributed by atoms with van der Waals surface area (Å²) < 4.78 is 28.5. The maximum absolute atomic E-state index is 13.1. The number of carbonyl (C=O) groups excluding carboxylic acids is 1. The van der Waals surface area contributed by atoms with E-state index in [4.69, 9.17) is 0 Å². The van der Waals surface area contributed by atoms with Crippen LogP contribution in [0.3, 0.4) is 0 Å². The minimum Gasteiger partial charge on any atom is -0.308 e. The average molecular weight is 428 g/mol. The second kappa shape index (κ2) is 7.19. The molecule has 0 spiro atoms. The van der Waals surface area contributed by atoms with Crippen molar-refractivity contribution in [3.8, 4) is 0 Å². The van der Waals surface area contributed by atoms with Crippen LogP contribution in [0.15, 0.2) is 46.8 Å². The smallest absolute Gasteiger partial charge is 0.258 e. The van der Waals surface area contributed by atoms with Crippen molar-refractivity contribution in [1.29, 1.82) is 0 Å². The molecule has 3 heterocycles. The van der Waals surface area contributed by atoms with Crippen LogP contribution in [0.1, 0.15) is 35.2 Å². The molecule has 0 aliphatic carbocycles. The highest BCUT2D eigenvalue weighted by atomic mass is 32.2. The molecule has 0 unspecified atom stereocenters. The summed E-state index contributed by atoms with van der Waals surface area (Å²) in [6.45, 7) is 1.73. The number of aromatic nitrogens is 1. The van der Waals surface area contributed by atoms with Gasteiger partial charge in [0.1, 0.15) is 0 Å². The SMILES string of the molecule is O=C(c1ccc2ncsc2c1)N1CCc2cc(S(=O)(=O)N3CCCCC3)ccc21. The normalized spacial score (nSPS) is 17.6. The van der Waals surface area contributed by atoms with Gasteiger partial charge in [-0.1, -0.05) is 6.42 Å². The summed E-state index contributed by atoms with van der Waals surface area (Å²) in [5.41, 5.74) is 5.00. The van der Waals surface area contributed by atoms with Gasteiger partial charge in [-0.2, -0.15) is 4.31 Å². The lowest BCUT2D eigenvalue weighted by atomic mass is 10.1. The van der Waals surface area contributed by atoms with Crippen LogP contribution in [0.4, 0.5) is 5.69 Å².